The second-order valence-corrected chi connectivity index (χ2v) is 4.41. The second-order valence-electron chi connectivity index (χ2n) is 4.41. The molecule has 0 fully saturated rings. The Morgan fingerprint density at radius 2 is 1.90 bits per heavy atom. The van der Waals surface area contributed by atoms with Crippen molar-refractivity contribution >= 4 is 23.4 Å². The van der Waals surface area contributed by atoms with Crippen LogP contribution in [0.1, 0.15) is 20.3 Å². The summed E-state index contributed by atoms with van der Waals surface area (Å²) in [6.07, 6.45) is -0.156. The molecule has 0 saturated carbocycles. The molecule has 1 unspecified atom stereocenters. The fourth-order valence-electron chi connectivity index (χ4n) is 1.75. The molecule has 0 bridgehead atoms. The Balaban J connectivity index is 2.57. The highest BCUT2D eigenvalue weighted by molar-refractivity contribution is 5.92. The minimum absolute atomic E-state index is 0.0753. The quantitative estimate of drug-likeness (QED) is 0.745. The zero-order valence-electron chi connectivity index (χ0n) is 12.0. The van der Waals surface area contributed by atoms with Crippen molar-refractivity contribution in [3.05, 3.63) is 24.3 Å². The van der Waals surface area contributed by atoms with E-state index in [4.69, 9.17) is 0 Å². The maximum absolute atomic E-state index is 11.8. The first kappa shape index (κ1) is 16.0. The van der Waals surface area contributed by atoms with E-state index in [1.807, 2.05) is 13.8 Å². The zero-order valence-corrected chi connectivity index (χ0v) is 12.0. The van der Waals surface area contributed by atoms with E-state index in [1.165, 1.54) is 7.11 Å². The minimum atomic E-state index is -0.547. The van der Waals surface area contributed by atoms with E-state index in [2.05, 4.69) is 20.7 Å². The lowest BCUT2D eigenvalue weighted by Crippen LogP contribution is -2.30. The van der Waals surface area contributed by atoms with Crippen LogP contribution in [0.2, 0.25) is 0 Å². The summed E-state index contributed by atoms with van der Waals surface area (Å²) < 4.78 is 4.51. The summed E-state index contributed by atoms with van der Waals surface area (Å²) in [5, 5.41) is 8.51. The van der Waals surface area contributed by atoms with Crippen LogP contribution < -0.4 is 16.0 Å². The van der Waals surface area contributed by atoms with Crippen LogP contribution in [-0.4, -0.2) is 31.7 Å². The molecule has 1 aromatic carbocycles. The maximum Gasteiger partial charge on any atom is 0.411 e. The van der Waals surface area contributed by atoms with Gasteiger partial charge in [-0.3, -0.25) is 10.1 Å². The van der Waals surface area contributed by atoms with E-state index in [9.17, 15) is 9.59 Å². The monoisotopic (exact) mass is 279 g/mol. The lowest BCUT2D eigenvalue weighted by molar-refractivity contribution is -0.116. The summed E-state index contributed by atoms with van der Waals surface area (Å²) in [6.45, 7) is 4.78. The van der Waals surface area contributed by atoms with Gasteiger partial charge in [-0.15, -0.1) is 0 Å². The van der Waals surface area contributed by atoms with Crippen LogP contribution in [-0.2, 0) is 9.53 Å². The SMILES string of the molecule is CCNC(C)CC(=O)Nc1cccc(NC(=O)OC)c1. The van der Waals surface area contributed by atoms with E-state index >= 15 is 0 Å². The molecule has 0 saturated heterocycles. The van der Waals surface area contributed by atoms with Crippen LogP contribution in [0.25, 0.3) is 0 Å². The molecule has 0 radical (unpaired) electrons. The van der Waals surface area contributed by atoms with E-state index in [1.54, 1.807) is 24.3 Å². The number of amides is 2. The third kappa shape index (κ3) is 5.71. The van der Waals surface area contributed by atoms with Crippen molar-refractivity contribution in [2.24, 2.45) is 0 Å². The van der Waals surface area contributed by atoms with Gasteiger partial charge in [0.05, 0.1) is 7.11 Å². The number of carbonyl (C=O) groups excluding carboxylic acids is 2. The van der Waals surface area contributed by atoms with Crippen LogP contribution in [0.3, 0.4) is 0 Å². The number of nitrogens with one attached hydrogen (secondary N) is 3. The third-order valence-corrected chi connectivity index (χ3v) is 2.62. The van der Waals surface area contributed by atoms with Crippen LogP contribution in [0.5, 0.6) is 0 Å². The second kappa shape index (κ2) is 8.16. The molecule has 3 N–H and O–H groups in total. The van der Waals surface area contributed by atoms with Crippen molar-refractivity contribution in [2.45, 2.75) is 26.3 Å². The van der Waals surface area contributed by atoms with Gasteiger partial charge in [0.15, 0.2) is 0 Å². The first-order chi connectivity index (χ1) is 9.55. The van der Waals surface area contributed by atoms with Gasteiger partial charge in [0.2, 0.25) is 5.91 Å². The Bertz CT molecular complexity index is 463. The van der Waals surface area contributed by atoms with Crippen molar-refractivity contribution in [3.8, 4) is 0 Å². The molecule has 0 aliphatic heterocycles. The molecule has 6 heteroatoms. The number of ether oxygens (including phenoxy) is 1. The Morgan fingerprint density at radius 1 is 1.25 bits per heavy atom. The Kier molecular flexibility index (Phi) is 6.52. The smallest absolute Gasteiger partial charge is 0.411 e. The number of anilines is 2. The molecule has 0 aromatic heterocycles. The minimum Gasteiger partial charge on any atom is -0.453 e. The topological polar surface area (TPSA) is 79.5 Å². The molecule has 0 aliphatic carbocycles. The lowest BCUT2D eigenvalue weighted by Gasteiger charge is -2.12. The predicted molar refractivity (Wildman–Crippen MR) is 78.9 cm³/mol. The van der Waals surface area contributed by atoms with E-state index < -0.39 is 6.09 Å². The molecule has 0 heterocycles. The summed E-state index contributed by atoms with van der Waals surface area (Å²) in [5.74, 6) is -0.0753. The standard InChI is InChI=1S/C14H21N3O3/c1-4-15-10(2)8-13(18)16-11-6-5-7-12(9-11)17-14(19)20-3/h5-7,9-10,15H,4,8H2,1-3H3,(H,16,18)(H,17,19). The van der Waals surface area contributed by atoms with Crippen LogP contribution in [0.4, 0.5) is 16.2 Å². The van der Waals surface area contributed by atoms with E-state index in [-0.39, 0.29) is 11.9 Å². The third-order valence-electron chi connectivity index (χ3n) is 2.62. The van der Waals surface area contributed by atoms with Gasteiger partial charge >= 0.3 is 6.09 Å². The summed E-state index contributed by atoms with van der Waals surface area (Å²) in [7, 11) is 1.29. The number of benzene rings is 1. The Hall–Kier alpha value is -2.08. The summed E-state index contributed by atoms with van der Waals surface area (Å²) in [6, 6.07) is 7.02. The van der Waals surface area contributed by atoms with Crippen LogP contribution >= 0.6 is 0 Å². The molecule has 110 valence electrons. The predicted octanol–water partition coefficient (Wildman–Crippen LogP) is 2.19. The van der Waals surface area contributed by atoms with Gasteiger partial charge in [-0.2, -0.15) is 0 Å². The highest BCUT2D eigenvalue weighted by atomic mass is 16.5. The van der Waals surface area contributed by atoms with Gasteiger partial charge in [0, 0.05) is 23.8 Å². The zero-order chi connectivity index (χ0) is 15.0. The number of hydrogen-bond acceptors (Lipinski definition) is 4. The molecule has 2 amide bonds. The molecule has 1 rings (SSSR count). The number of hydrogen-bond donors (Lipinski definition) is 3. The van der Waals surface area contributed by atoms with Crippen molar-refractivity contribution in [1.29, 1.82) is 0 Å². The van der Waals surface area contributed by atoms with Gasteiger partial charge in [0.1, 0.15) is 0 Å². The molecular weight excluding hydrogens is 258 g/mol. The van der Waals surface area contributed by atoms with Crippen molar-refractivity contribution < 1.29 is 14.3 Å². The van der Waals surface area contributed by atoms with E-state index in [0.717, 1.165) is 6.54 Å². The first-order valence-electron chi connectivity index (χ1n) is 6.53. The van der Waals surface area contributed by atoms with Crippen LogP contribution in [0, 0.1) is 0 Å². The Morgan fingerprint density at radius 3 is 2.50 bits per heavy atom. The van der Waals surface area contributed by atoms with Gasteiger partial charge in [-0.1, -0.05) is 13.0 Å². The number of rotatable bonds is 6. The normalized spacial score (nSPS) is 11.6. The average Bonchev–Trinajstić information content (AvgIpc) is 2.38. The Labute approximate surface area is 118 Å². The fraction of sp³-hybridized carbons (Fsp3) is 0.429. The highest BCUT2D eigenvalue weighted by Gasteiger charge is 2.08. The van der Waals surface area contributed by atoms with Gasteiger partial charge < -0.3 is 15.4 Å². The average molecular weight is 279 g/mol. The lowest BCUT2D eigenvalue weighted by atomic mass is 10.2. The van der Waals surface area contributed by atoms with Crippen LogP contribution in [0.15, 0.2) is 24.3 Å². The summed E-state index contributed by atoms with van der Waals surface area (Å²) in [5.41, 5.74) is 1.20. The first-order valence-corrected chi connectivity index (χ1v) is 6.53. The van der Waals surface area contributed by atoms with Gasteiger partial charge in [-0.25, -0.2) is 4.79 Å². The molecule has 1 atom stereocenters. The molecule has 20 heavy (non-hydrogen) atoms. The fourth-order valence-corrected chi connectivity index (χ4v) is 1.75. The van der Waals surface area contributed by atoms with Gasteiger partial charge in [-0.05, 0) is 31.7 Å². The molecule has 1 aromatic rings. The number of carbonyl (C=O) groups is 2. The maximum atomic E-state index is 11.8. The molecule has 0 spiro atoms. The van der Waals surface area contributed by atoms with Gasteiger partial charge in [0.25, 0.3) is 0 Å². The summed E-state index contributed by atoms with van der Waals surface area (Å²) in [4.78, 5) is 22.9. The molecule has 0 aliphatic rings. The van der Waals surface area contributed by atoms with E-state index in [0.29, 0.717) is 17.8 Å². The van der Waals surface area contributed by atoms with Crippen molar-refractivity contribution in [1.82, 2.24) is 5.32 Å². The summed E-state index contributed by atoms with van der Waals surface area (Å²) >= 11 is 0. The van der Waals surface area contributed by atoms with Crippen molar-refractivity contribution in [3.63, 3.8) is 0 Å². The van der Waals surface area contributed by atoms with Crippen molar-refractivity contribution in [2.75, 3.05) is 24.3 Å². The molecular formula is C14H21N3O3. The molecule has 6 nitrogen and oxygen atoms in total. The largest absolute Gasteiger partial charge is 0.453 e. The highest BCUT2D eigenvalue weighted by Crippen LogP contribution is 2.15. The number of methoxy groups -OCH3 is 1.